The molecule has 7 heteroatoms. The van der Waals surface area contributed by atoms with Crippen LogP contribution >= 0.6 is 11.6 Å². The molecule has 1 heterocycles. The molecule has 0 unspecified atom stereocenters. The molecule has 3 aromatic rings. The van der Waals surface area contributed by atoms with Crippen LogP contribution in [0.1, 0.15) is 32.7 Å². The minimum absolute atomic E-state index is 0.110. The first kappa shape index (κ1) is 17.9. The average Bonchev–Trinajstić information content (AvgIpc) is 2.94. The Balaban J connectivity index is 1.81. The maximum Gasteiger partial charge on any atom is 0.280 e. The van der Waals surface area contributed by atoms with E-state index < -0.39 is 0 Å². The second kappa shape index (κ2) is 7.17. The monoisotopic (exact) mass is 369 g/mol. The number of hydrogen-bond donors (Lipinski definition) is 2. The van der Waals surface area contributed by atoms with Gasteiger partial charge in [-0.1, -0.05) is 46.6 Å². The van der Waals surface area contributed by atoms with E-state index in [-0.39, 0.29) is 17.4 Å². The number of carbonyl (C=O) groups excluding carboxylic acids is 1. The van der Waals surface area contributed by atoms with Gasteiger partial charge in [0, 0.05) is 10.7 Å². The molecule has 3 rings (SSSR count). The maximum atomic E-state index is 12.6. The third-order valence-corrected chi connectivity index (χ3v) is 4.40. The van der Waals surface area contributed by atoms with Crippen LogP contribution in [0.2, 0.25) is 5.02 Å². The molecule has 26 heavy (non-hydrogen) atoms. The SMILES string of the molecule is Cc1cc(C)c(NC(=O)c2nnn(Cc3ccc(Cl)cc3)c2N)c(C)c1. The molecule has 0 fully saturated rings. The number of hydrogen-bond acceptors (Lipinski definition) is 4. The van der Waals surface area contributed by atoms with Crippen molar-refractivity contribution in [3.8, 4) is 0 Å². The standard InChI is InChI=1S/C19H20ClN5O/c1-11-8-12(2)16(13(3)9-11)22-19(26)17-18(21)25(24-23-17)10-14-4-6-15(20)7-5-14/h4-9H,10,21H2,1-3H3,(H,22,26). The third-order valence-electron chi connectivity index (χ3n) is 4.15. The summed E-state index contributed by atoms with van der Waals surface area (Å²) in [5.41, 5.74) is 11.1. The van der Waals surface area contributed by atoms with Crippen molar-refractivity contribution < 1.29 is 4.79 Å². The first-order valence-electron chi connectivity index (χ1n) is 8.17. The Hall–Kier alpha value is -2.86. The van der Waals surface area contributed by atoms with Crippen LogP contribution in [0.5, 0.6) is 0 Å². The Morgan fingerprint density at radius 1 is 1.15 bits per heavy atom. The third kappa shape index (κ3) is 3.70. The molecule has 3 N–H and O–H groups in total. The quantitative estimate of drug-likeness (QED) is 0.733. The van der Waals surface area contributed by atoms with Crippen molar-refractivity contribution in [1.29, 1.82) is 0 Å². The van der Waals surface area contributed by atoms with Gasteiger partial charge < -0.3 is 11.1 Å². The number of nitrogen functional groups attached to an aromatic ring is 1. The van der Waals surface area contributed by atoms with E-state index in [1.54, 1.807) is 12.1 Å². The molecule has 0 aliphatic carbocycles. The van der Waals surface area contributed by atoms with Crippen molar-refractivity contribution in [3.05, 3.63) is 69.4 Å². The predicted octanol–water partition coefficient (Wildman–Crippen LogP) is 3.74. The van der Waals surface area contributed by atoms with Crippen molar-refractivity contribution in [3.63, 3.8) is 0 Å². The number of aryl methyl sites for hydroxylation is 3. The molecule has 6 nitrogen and oxygen atoms in total. The van der Waals surface area contributed by atoms with Gasteiger partial charge in [0.05, 0.1) is 6.54 Å². The Labute approximate surface area is 157 Å². The van der Waals surface area contributed by atoms with Crippen LogP contribution in [0.15, 0.2) is 36.4 Å². The first-order valence-corrected chi connectivity index (χ1v) is 8.55. The molecule has 2 aromatic carbocycles. The smallest absolute Gasteiger partial charge is 0.280 e. The van der Waals surface area contributed by atoms with Gasteiger partial charge in [-0.3, -0.25) is 4.79 Å². The highest BCUT2D eigenvalue weighted by atomic mass is 35.5. The fraction of sp³-hybridized carbons (Fsp3) is 0.211. The molecule has 1 aromatic heterocycles. The summed E-state index contributed by atoms with van der Waals surface area (Å²) in [7, 11) is 0. The summed E-state index contributed by atoms with van der Waals surface area (Å²) in [6, 6.07) is 11.4. The van der Waals surface area contributed by atoms with Crippen LogP contribution in [0, 0.1) is 20.8 Å². The molecular weight excluding hydrogens is 350 g/mol. The second-order valence-electron chi connectivity index (χ2n) is 6.34. The Kier molecular flexibility index (Phi) is 4.95. The largest absolute Gasteiger partial charge is 0.382 e. The number of amides is 1. The van der Waals surface area contributed by atoms with E-state index in [1.165, 1.54) is 4.68 Å². The van der Waals surface area contributed by atoms with Crippen LogP contribution in [-0.2, 0) is 6.54 Å². The van der Waals surface area contributed by atoms with E-state index in [2.05, 4.69) is 15.6 Å². The zero-order valence-electron chi connectivity index (χ0n) is 14.9. The van der Waals surface area contributed by atoms with Gasteiger partial charge >= 0.3 is 0 Å². The summed E-state index contributed by atoms with van der Waals surface area (Å²) < 4.78 is 1.49. The second-order valence-corrected chi connectivity index (χ2v) is 6.77. The summed E-state index contributed by atoms with van der Waals surface area (Å²) >= 11 is 5.89. The first-order chi connectivity index (χ1) is 12.3. The lowest BCUT2D eigenvalue weighted by Crippen LogP contribution is -2.17. The minimum atomic E-state index is -0.375. The van der Waals surface area contributed by atoms with Crippen LogP contribution in [0.25, 0.3) is 0 Å². The minimum Gasteiger partial charge on any atom is -0.382 e. The molecule has 1 amide bonds. The molecular formula is C19H20ClN5O. The zero-order valence-corrected chi connectivity index (χ0v) is 15.6. The Bertz CT molecular complexity index is 940. The number of rotatable bonds is 4. The van der Waals surface area contributed by atoms with E-state index in [0.29, 0.717) is 11.6 Å². The molecule has 0 bridgehead atoms. The summed E-state index contributed by atoms with van der Waals surface area (Å²) in [5.74, 6) is -0.153. The van der Waals surface area contributed by atoms with E-state index in [9.17, 15) is 4.79 Å². The van der Waals surface area contributed by atoms with Crippen molar-refractivity contribution in [1.82, 2.24) is 15.0 Å². The fourth-order valence-electron chi connectivity index (χ4n) is 2.91. The number of nitrogens with one attached hydrogen (secondary N) is 1. The molecule has 0 saturated heterocycles. The number of halogens is 1. The maximum absolute atomic E-state index is 12.6. The summed E-state index contributed by atoms with van der Waals surface area (Å²) in [4.78, 5) is 12.6. The van der Waals surface area contributed by atoms with Crippen LogP contribution in [0.3, 0.4) is 0 Å². The van der Waals surface area contributed by atoms with Crippen molar-refractivity contribution in [2.45, 2.75) is 27.3 Å². The number of carbonyl (C=O) groups is 1. The number of aromatic nitrogens is 3. The lowest BCUT2D eigenvalue weighted by Gasteiger charge is -2.12. The topological polar surface area (TPSA) is 85.8 Å². The van der Waals surface area contributed by atoms with Crippen LogP contribution < -0.4 is 11.1 Å². The number of benzene rings is 2. The van der Waals surface area contributed by atoms with Crippen molar-refractivity contribution in [2.75, 3.05) is 11.1 Å². The molecule has 134 valence electrons. The van der Waals surface area contributed by atoms with Crippen molar-refractivity contribution >= 4 is 29.0 Å². The van der Waals surface area contributed by atoms with Gasteiger partial charge in [-0.25, -0.2) is 4.68 Å². The van der Waals surface area contributed by atoms with E-state index in [0.717, 1.165) is 27.9 Å². The lowest BCUT2D eigenvalue weighted by molar-refractivity contribution is 0.102. The molecule has 0 aliphatic rings. The van der Waals surface area contributed by atoms with Gasteiger partial charge in [-0.2, -0.15) is 0 Å². The summed E-state index contributed by atoms with van der Waals surface area (Å²) in [6.07, 6.45) is 0. The lowest BCUT2D eigenvalue weighted by atomic mass is 10.1. The predicted molar refractivity (Wildman–Crippen MR) is 104 cm³/mol. The Morgan fingerprint density at radius 3 is 2.38 bits per heavy atom. The highest BCUT2D eigenvalue weighted by Gasteiger charge is 2.19. The number of nitrogens with two attached hydrogens (primary N) is 1. The van der Waals surface area contributed by atoms with Gasteiger partial charge in [-0.05, 0) is 49.6 Å². The van der Waals surface area contributed by atoms with Gasteiger partial charge in [0.1, 0.15) is 0 Å². The molecule has 0 atom stereocenters. The van der Waals surface area contributed by atoms with Gasteiger partial charge in [-0.15, -0.1) is 5.10 Å². The Morgan fingerprint density at radius 2 is 1.77 bits per heavy atom. The number of nitrogens with zero attached hydrogens (tertiary/aromatic N) is 3. The highest BCUT2D eigenvalue weighted by molar-refractivity contribution is 6.30. The molecule has 0 spiro atoms. The highest BCUT2D eigenvalue weighted by Crippen LogP contribution is 2.23. The normalized spacial score (nSPS) is 10.8. The molecule has 0 aliphatic heterocycles. The van der Waals surface area contributed by atoms with Crippen LogP contribution in [0.4, 0.5) is 11.5 Å². The van der Waals surface area contributed by atoms with Crippen molar-refractivity contribution in [2.24, 2.45) is 0 Å². The van der Waals surface area contributed by atoms with E-state index in [4.69, 9.17) is 17.3 Å². The summed E-state index contributed by atoms with van der Waals surface area (Å²) in [6.45, 7) is 6.34. The average molecular weight is 370 g/mol. The van der Waals surface area contributed by atoms with Gasteiger partial charge in [0.2, 0.25) is 0 Å². The number of anilines is 2. The van der Waals surface area contributed by atoms with Gasteiger partial charge in [0.15, 0.2) is 11.5 Å². The van der Waals surface area contributed by atoms with E-state index in [1.807, 2.05) is 45.0 Å². The zero-order chi connectivity index (χ0) is 18.8. The van der Waals surface area contributed by atoms with Crippen LogP contribution in [-0.4, -0.2) is 20.9 Å². The molecule has 0 radical (unpaired) electrons. The molecule has 0 saturated carbocycles. The summed E-state index contributed by atoms with van der Waals surface area (Å²) in [5, 5.41) is 11.5. The van der Waals surface area contributed by atoms with Gasteiger partial charge in [0.25, 0.3) is 5.91 Å². The fourth-order valence-corrected chi connectivity index (χ4v) is 3.04. The van der Waals surface area contributed by atoms with E-state index >= 15 is 0 Å².